The third-order valence-electron chi connectivity index (χ3n) is 4.38. The molecule has 28 heavy (non-hydrogen) atoms. The fraction of sp³-hybridized carbons (Fsp3) is 0.333. The Morgan fingerprint density at radius 3 is 2.61 bits per heavy atom. The first-order chi connectivity index (χ1) is 13.2. The minimum Gasteiger partial charge on any atom is -0.324 e. The molecule has 0 bridgehead atoms. The molecule has 0 saturated carbocycles. The van der Waals surface area contributed by atoms with E-state index in [-0.39, 0.29) is 23.5 Å². The number of hydrogen-bond acceptors (Lipinski definition) is 5. The lowest BCUT2D eigenvalue weighted by atomic mass is 10.2. The molecule has 8 nitrogen and oxygen atoms in total. The SMILES string of the molecule is Cc1ccc(F)c(NC(=O)CCSc2nc3c(=O)n(C)c(=O)n(C)c3n2C)c1. The van der Waals surface area contributed by atoms with Crippen molar-refractivity contribution < 1.29 is 9.18 Å². The summed E-state index contributed by atoms with van der Waals surface area (Å²) in [5.41, 5.74) is 0.710. The number of rotatable bonds is 5. The van der Waals surface area contributed by atoms with Crippen molar-refractivity contribution in [3.05, 3.63) is 50.4 Å². The minimum atomic E-state index is -0.487. The largest absolute Gasteiger partial charge is 0.332 e. The number of benzene rings is 1. The molecule has 2 aromatic heterocycles. The summed E-state index contributed by atoms with van der Waals surface area (Å²) in [6, 6.07) is 4.51. The minimum absolute atomic E-state index is 0.137. The molecular weight excluding hydrogens is 385 g/mol. The van der Waals surface area contributed by atoms with E-state index in [1.165, 1.54) is 29.4 Å². The molecule has 1 amide bonds. The molecule has 0 aliphatic carbocycles. The molecule has 0 aliphatic heterocycles. The third kappa shape index (κ3) is 3.59. The van der Waals surface area contributed by atoms with Crippen molar-refractivity contribution in [1.82, 2.24) is 18.7 Å². The molecule has 0 spiro atoms. The van der Waals surface area contributed by atoms with Crippen LogP contribution in [-0.4, -0.2) is 30.3 Å². The van der Waals surface area contributed by atoms with Crippen LogP contribution in [0.5, 0.6) is 0 Å². The number of carbonyl (C=O) groups is 1. The first-order valence-corrected chi connectivity index (χ1v) is 9.50. The van der Waals surface area contributed by atoms with Crippen LogP contribution in [0, 0.1) is 12.7 Å². The molecule has 1 aromatic carbocycles. The van der Waals surface area contributed by atoms with Crippen molar-refractivity contribution in [2.24, 2.45) is 21.1 Å². The standard InChI is InChI=1S/C18H20FN5O3S/c1-10-5-6-11(19)12(9-10)20-13(25)7-8-28-17-21-14-15(22(17)2)23(3)18(27)24(4)16(14)26/h5-6,9H,7-8H2,1-4H3,(H,20,25). The predicted octanol–water partition coefficient (Wildman–Crippen LogP) is 1.54. The Kier molecular flexibility index (Phi) is 5.41. The van der Waals surface area contributed by atoms with E-state index in [2.05, 4.69) is 10.3 Å². The van der Waals surface area contributed by atoms with Gasteiger partial charge in [0, 0.05) is 33.3 Å². The molecule has 3 rings (SSSR count). The van der Waals surface area contributed by atoms with Crippen LogP contribution < -0.4 is 16.6 Å². The van der Waals surface area contributed by atoms with Crippen molar-refractivity contribution in [3.8, 4) is 0 Å². The number of aromatic nitrogens is 4. The summed E-state index contributed by atoms with van der Waals surface area (Å²) in [4.78, 5) is 40.8. The fourth-order valence-corrected chi connectivity index (χ4v) is 3.78. The van der Waals surface area contributed by atoms with Gasteiger partial charge in [-0.15, -0.1) is 0 Å². The zero-order valence-electron chi connectivity index (χ0n) is 15.9. The Morgan fingerprint density at radius 2 is 1.89 bits per heavy atom. The van der Waals surface area contributed by atoms with Gasteiger partial charge in [-0.05, 0) is 24.6 Å². The molecule has 0 aliphatic rings. The van der Waals surface area contributed by atoms with Crippen LogP contribution in [-0.2, 0) is 25.9 Å². The summed E-state index contributed by atoms with van der Waals surface area (Å²) in [6.07, 6.45) is 0.137. The molecule has 0 fully saturated rings. The van der Waals surface area contributed by atoms with Gasteiger partial charge in [-0.2, -0.15) is 0 Å². The van der Waals surface area contributed by atoms with E-state index in [4.69, 9.17) is 0 Å². The second-order valence-corrected chi connectivity index (χ2v) is 7.52. The molecule has 148 valence electrons. The lowest BCUT2D eigenvalue weighted by Crippen LogP contribution is -2.37. The molecule has 10 heteroatoms. The number of hydrogen-bond donors (Lipinski definition) is 1. The van der Waals surface area contributed by atoms with Gasteiger partial charge in [-0.1, -0.05) is 17.8 Å². The topological polar surface area (TPSA) is 90.9 Å². The van der Waals surface area contributed by atoms with E-state index < -0.39 is 17.1 Å². The van der Waals surface area contributed by atoms with Crippen molar-refractivity contribution >= 4 is 34.5 Å². The van der Waals surface area contributed by atoms with Crippen LogP contribution in [0.15, 0.2) is 32.9 Å². The average molecular weight is 405 g/mol. The molecule has 2 heterocycles. The summed E-state index contributed by atoms with van der Waals surface area (Å²) >= 11 is 1.28. The maximum atomic E-state index is 13.7. The molecule has 0 radical (unpaired) electrons. The van der Waals surface area contributed by atoms with Crippen molar-refractivity contribution in [1.29, 1.82) is 0 Å². The van der Waals surface area contributed by atoms with Gasteiger partial charge in [0.15, 0.2) is 16.3 Å². The number of fused-ring (bicyclic) bond motifs is 1. The Morgan fingerprint density at radius 1 is 1.18 bits per heavy atom. The summed E-state index contributed by atoms with van der Waals surface area (Å²) < 4.78 is 17.8. The average Bonchev–Trinajstić information content (AvgIpc) is 2.98. The second-order valence-electron chi connectivity index (χ2n) is 6.46. The molecule has 0 atom stereocenters. The Balaban J connectivity index is 1.73. The molecular formula is C18H20FN5O3S. The summed E-state index contributed by atoms with van der Waals surface area (Å²) in [5.74, 6) is -0.428. The Bertz CT molecular complexity index is 1190. The quantitative estimate of drug-likeness (QED) is 0.651. The molecule has 3 aromatic rings. The van der Waals surface area contributed by atoms with Gasteiger partial charge in [0.1, 0.15) is 5.82 Å². The number of aryl methyl sites for hydroxylation is 3. The highest BCUT2D eigenvalue weighted by atomic mass is 32.2. The molecule has 0 saturated heterocycles. The summed E-state index contributed by atoms with van der Waals surface area (Å²) in [6.45, 7) is 1.81. The van der Waals surface area contributed by atoms with E-state index in [0.29, 0.717) is 16.6 Å². The van der Waals surface area contributed by atoms with Crippen molar-refractivity contribution in [2.45, 2.75) is 18.5 Å². The highest BCUT2D eigenvalue weighted by Crippen LogP contribution is 2.21. The Hall–Kier alpha value is -2.88. The summed E-state index contributed by atoms with van der Waals surface area (Å²) in [7, 11) is 4.68. The van der Waals surface area contributed by atoms with E-state index in [1.54, 1.807) is 30.8 Å². The molecule has 1 N–H and O–H groups in total. The number of anilines is 1. The first-order valence-electron chi connectivity index (χ1n) is 8.52. The van der Waals surface area contributed by atoms with Gasteiger partial charge < -0.3 is 9.88 Å². The number of nitrogens with one attached hydrogen (secondary N) is 1. The number of imidazole rings is 1. The lowest BCUT2D eigenvalue weighted by Gasteiger charge is -2.08. The maximum Gasteiger partial charge on any atom is 0.332 e. The number of nitrogens with zero attached hydrogens (tertiary/aromatic N) is 4. The van der Waals surface area contributed by atoms with Crippen LogP contribution >= 0.6 is 11.8 Å². The van der Waals surface area contributed by atoms with Crippen LogP contribution in [0.25, 0.3) is 11.2 Å². The number of amides is 1. The number of thioether (sulfide) groups is 1. The van der Waals surface area contributed by atoms with Crippen LogP contribution in [0.1, 0.15) is 12.0 Å². The normalized spacial score (nSPS) is 11.2. The van der Waals surface area contributed by atoms with Crippen LogP contribution in [0.4, 0.5) is 10.1 Å². The summed E-state index contributed by atoms with van der Waals surface area (Å²) in [5, 5.41) is 3.07. The zero-order valence-corrected chi connectivity index (χ0v) is 16.8. The predicted molar refractivity (Wildman–Crippen MR) is 106 cm³/mol. The lowest BCUT2D eigenvalue weighted by molar-refractivity contribution is -0.115. The van der Waals surface area contributed by atoms with E-state index in [1.807, 2.05) is 6.92 Å². The van der Waals surface area contributed by atoms with Gasteiger partial charge in [0.2, 0.25) is 5.91 Å². The number of carbonyl (C=O) groups excluding carboxylic acids is 1. The van der Waals surface area contributed by atoms with E-state index >= 15 is 0 Å². The van der Waals surface area contributed by atoms with Gasteiger partial charge >= 0.3 is 5.69 Å². The van der Waals surface area contributed by atoms with Crippen LogP contribution in [0.2, 0.25) is 0 Å². The second kappa shape index (κ2) is 7.63. The highest BCUT2D eigenvalue weighted by molar-refractivity contribution is 7.99. The number of halogens is 1. The third-order valence-corrected chi connectivity index (χ3v) is 5.41. The van der Waals surface area contributed by atoms with E-state index in [0.717, 1.165) is 10.1 Å². The van der Waals surface area contributed by atoms with Crippen molar-refractivity contribution in [3.63, 3.8) is 0 Å². The van der Waals surface area contributed by atoms with Gasteiger partial charge in [0.25, 0.3) is 5.56 Å². The van der Waals surface area contributed by atoms with Gasteiger partial charge in [-0.25, -0.2) is 14.2 Å². The zero-order chi connectivity index (χ0) is 20.6. The van der Waals surface area contributed by atoms with Gasteiger partial charge in [0.05, 0.1) is 5.69 Å². The van der Waals surface area contributed by atoms with Crippen molar-refractivity contribution in [2.75, 3.05) is 11.1 Å². The maximum absolute atomic E-state index is 13.7. The smallest absolute Gasteiger partial charge is 0.324 e. The first kappa shape index (κ1) is 19.9. The monoisotopic (exact) mass is 405 g/mol. The molecule has 0 unspecified atom stereocenters. The Labute approximate surface area is 164 Å². The van der Waals surface area contributed by atoms with E-state index in [9.17, 15) is 18.8 Å². The highest BCUT2D eigenvalue weighted by Gasteiger charge is 2.17. The fourth-order valence-electron chi connectivity index (χ4n) is 2.87. The van der Waals surface area contributed by atoms with Gasteiger partial charge in [-0.3, -0.25) is 18.7 Å². The van der Waals surface area contributed by atoms with Crippen LogP contribution in [0.3, 0.4) is 0 Å².